The third kappa shape index (κ3) is 5.08. The Bertz CT molecular complexity index is 915. The van der Waals surface area contributed by atoms with E-state index < -0.39 is 0 Å². The first-order valence-electron chi connectivity index (χ1n) is 9.91. The van der Waals surface area contributed by atoms with Gasteiger partial charge in [0.1, 0.15) is 10.8 Å². The summed E-state index contributed by atoms with van der Waals surface area (Å²) in [5.41, 5.74) is 1.76. The molecule has 0 spiro atoms. The molecule has 1 amide bonds. The molecule has 2 heterocycles. The van der Waals surface area contributed by atoms with Gasteiger partial charge in [0, 0.05) is 30.2 Å². The molecule has 0 bridgehead atoms. The molecule has 1 saturated heterocycles. The third-order valence-corrected chi connectivity index (χ3v) is 6.23. The first kappa shape index (κ1) is 19.7. The van der Waals surface area contributed by atoms with Gasteiger partial charge in [-0.25, -0.2) is 9.37 Å². The van der Waals surface area contributed by atoms with E-state index in [1.54, 1.807) is 17.5 Å². The van der Waals surface area contributed by atoms with Crippen LogP contribution in [-0.2, 0) is 6.54 Å². The maximum absolute atomic E-state index is 13.2. The van der Waals surface area contributed by atoms with Crippen LogP contribution >= 0.6 is 11.3 Å². The number of carbonyl (C=O) groups excluding carboxylic acids is 1. The van der Waals surface area contributed by atoms with Crippen molar-refractivity contribution in [1.29, 1.82) is 0 Å². The van der Waals surface area contributed by atoms with Crippen LogP contribution in [-0.4, -0.2) is 28.9 Å². The van der Waals surface area contributed by atoms with Crippen LogP contribution in [0.2, 0.25) is 0 Å². The summed E-state index contributed by atoms with van der Waals surface area (Å²) < 4.78 is 13.2. The number of nitrogens with one attached hydrogen (secondary N) is 1. The number of hydrogen-bond donors (Lipinski definition) is 1. The van der Waals surface area contributed by atoms with Crippen LogP contribution in [0.4, 0.5) is 4.39 Å². The van der Waals surface area contributed by atoms with Gasteiger partial charge in [-0.2, -0.15) is 0 Å². The number of aromatic nitrogens is 1. The second-order valence-corrected chi connectivity index (χ2v) is 8.38. The largest absolute Gasteiger partial charge is 0.342 e. The van der Waals surface area contributed by atoms with E-state index in [2.05, 4.69) is 15.2 Å². The predicted octanol–water partition coefficient (Wildman–Crippen LogP) is 4.67. The molecule has 3 aromatic rings. The molecule has 29 heavy (non-hydrogen) atoms. The zero-order valence-electron chi connectivity index (χ0n) is 16.1. The molecule has 1 fully saturated rings. The first-order chi connectivity index (χ1) is 14.2. The number of amides is 1. The van der Waals surface area contributed by atoms with Gasteiger partial charge in [0.05, 0.1) is 6.04 Å². The molecule has 1 aliphatic heterocycles. The van der Waals surface area contributed by atoms with Gasteiger partial charge in [-0.05, 0) is 55.1 Å². The molecule has 0 aliphatic carbocycles. The SMILES string of the molecule is O=C(N[C@H](c1nccs1)[C@@H]1CCCN(Cc2ccc(F)cc2)C1)c1ccccc1. The highest BCUT2D eigenvalue weighted by Gasteiger charge is 2.31. The summed E-state index contributed by atoms with van der Waals surface area (Å²) in [5.74, 6) is 0.00203. The second kappa shape index (κ2) is 9.29. The Balaban J connectivity index is 1.48. The van der Waals surface area contributed by atoms with E-state index in [9.17, 15) is 9.18 Å². The fourth-order valence-corrected chi connectivity index (χ4v) is 4.72. The van der Waals surface area contributed by atoms with Gasteiger partial charge < -0.3 is 5.32 Å². The quantitative estimate of drug-likeness (QED) is 0.644. The molecule has 0 unspecified atom stereocenters. The molecule has 1 aromatic heterocycles. The smallest absolute Gasteiger partial charge is 0.251 e. The zero-order valence-corrected chi connectivity index (χ0v) is 16.9. The zero-order chi connectivity index (χ0) is 20.1. The average molecular weight is 410 g/mol. The minimum absolute atomic E-state index is 0.0681. The lowest BCUT2D eigenvalue weighted by Gasteiger charge is -2.36. The summed E-state index contributed by atoms with van der Waals surface area (Å²) in [6, 6.07) is 15.9. The number of benzene rings is 2. The Morgan fingerprint density at radius 3 is 2.72 bits per heavy atom. The number of rotatable bonds is 6. The summed E-state index contributed by atoms with van der Waals surface area (Å²) in [7, 11) is 0. The Hall–Kier alpha value is -2.57. The van der Waals surface area contributed by atoms with Crippen LogP contribution in [0, 0.1) is 11.7 Å². The van der Waals surface area contributed by atoms with Gasteiger partial charge in [0.15, 0.2) is 0 Å². The summed E-state index contributed by atoms with van der Waals surface area (Å²) in [4.78, 5) is 19.7. The molecular formula is C23H24FN3OS. The van der Waals surface area contributed by atoms with Crippen molar-refractivity contribution in [2.75, 3.05) is 13.1 Å². The molecule has 2 aromatic carbocycles. The van der Waals surface area contributed by atoms with Gasteiger partial charge in [-0.15, -0.1) is 11.3 Å². The van der Waals surface area contributed by atoms with Crippen LogP contribution in [0.25, 0.3) is 0 Å². The van der Waals surface area contributed by atoms with Crippen molar-refractivity contribution >= 4 is 17.2 Å². The summed E-state index contributed by atoms with van der Waals surface area (Å²) in [5, 5.41) is 6.13. The fourth-order valence-electron chi connectivity index (χ4n) is 3.94. The normalized spacial score (nSPS) is 18.3. The minimum atomic E-state index is -0.210. The average Bonchev–Trinajstić information content (AvgIpc) is 3.29. The lowest BCUT2D eigenvalue weighted by Crippen LogP contribution is -2.42. The van der Waals surface area contributed by atoms with Crippen LogP contribution < -0.4 is 5.32 Å². The van der Waals surface area contributed by atoms with Crippen molar-refractivity contribution in [2.24, 2.45) is 5.92 Å². The number of thiazole rings is 1. The summed E-state index contributed by atoms with van der Waals surface area (Å²) in [6.07, 6.45) is 3.90. The van der Waals surface area contributed by atoms with Crippen LogP contribution in [0.1, 0.15) is 39.8 Å². The second-order valence-electron chi connectivity index (χ2n) is 7.45. The highest BCUT2D eigenvalue weighted by atomic mass is 32.1. The van der Waals surface area contributed by atoms with E-state index in [1.165, 1.54) is 12.1 Å². The Morgan fingerprint density at radius 2 is 2.00 bits per heavy atom. The number of hydrogen-bond acceptors (Lipinski definition) is 4. The third-order valence-electron chi connectivity index (χ3n) is 5.37. The fraction of sp³-hybridized carbons (Fsp3) is 0.304. The van der Waals surface area contributed by atoms with Gasteiger partial charge in [0.25, 0.3) is 5.91 Å². The Labute approximate surface area is 174 Å². The molecule has 0 saturated carbocycles. The van der Waals surface area contributed by atoms with E-state index in [0.717, 1.165) is 43.0 Å². The molecule has 1 N–H and O–H groups in total. The standard InChI is InChI=1S/C23H24FN3OS/c24-20-10-8-17(9-11-20)15-27-13-4-7-19(16-27)21(23-25-12-14-29-23)26-22(28)18-5-2-1-3-6-18/h1-3,5-6,8-12,14,19,21H,4,7,13,15-16H2,(H,26,28)/t19-,21+/m1/s1. The van der Waals surface area contributed by atoms with Crippen molar-refractivity contribution in [3.63, 3.8) is 0 Å². The number of carbonyl (C=O) groups is 1. The molecule has 4 nitrogen and oxygen atoms in total. The van der Waals surface area contributed by atoms with Crippen molar-refractivity contribution < 1.29 is 9.18 Å². The Kier molecular flexibility index (Phi) is 6.32. The lowest BCUT2D eigenvalue weighted by atomic mass is 9.90. The summed E-state index contributed by atoms with van der Waals surface area (Å²) >= 11 is 1.58. The van der Waals surface area contributed by atoms with E-state index >= 15 is 0 Å². The Morgan fingerprint density at radius 1 is 1.21 bits per heavy atom. The van der Waals surface area contributed by atoms with Crippen molar-refractivity contribution in [2.45, 2.75) is 25.4 Å². The number of nitrogens with zero attached hydrogens (tertiary/aromatic N) is 2. The van der Waals surface area contributed by atoms with Crippen LogP contribution in [0.3, 0.4) is 0 Å². The highest BCUT2D eigenvalue weighted by Crippen LogP contribution is 2.32. The molecular weight excluding hydrogens is 385 g/mol. The first-order valence-corrected chi connectivity index (χ1v) is 10.8. The lowest BCUT2D eigenvalue weighted by molar-refractivity contribution is 0.0878. The van der Waals surface area contributed by atoms with E-state index in [1.807, 2.05) is 47.8 Å². The topological polar surface area (TPSA) is 45.2 Å². The maximum atomic E-state index is 13.2. The van der Waals surface area contributed by atoms with Gasteiger partial charge in [0.2, 0.25) is 0 Å². The number of piperidine rings is 1. The van der Waals surface area contributed by atoms with E-state index in [0.29, 0.717) is 5.56 Å². The minimum Gasteiger partial charge on any atom is -0.342 e. The molecule has 6 heteroatoms. The van der Waals surface area contributed by atoms with Gasteiger partial charge in [-0.1, -0.05) is 30.3 Å². The highest BCUT2D eigenvalue weighted by molar-refractivity contribution is 7.09. The molecule has 1 aliphatic rings. The molecule has 2 atom stereocenters. The number of likely N-dealkylation sites (tertiary alicyclic amines) is 1. The number of halogens is 1. The monoisotopic (exact) mass is 409 g/mol. The molecule has 0 radical (unpaired) electrons. The van der Waals surface area contributed by atoms with Crippen molar-refractivity contribution in [3.8, 4) is 0 Å². The van der Waals surface area contributed by atoms with Crippen molar-refractivity contribution in [1.82, 2.24) is 15.2 Å². The van der Waals surface area contributed by atoms with E-state index in [4.69, 9.17) is 0 Å². The van der Waals surface area contributed by atoms with Gasteiger partial charge in [-0.3, -0.25) is 9.69 Å². The van der Waals surface area contributed by atoms with E-state index in [-0.39, 0.29) is 23.7 Å². The van der Waals surface area contributed by atoms with Crippen molar-refractivity contribution in [3.05, 3.63) is 88.1 Å². The maximum Gasteiger partial charge on any atom is 0.251 e. The summed E-state index contributed by atoms with van der Waals surface area (Å²) in [6.45, 7) is 2.66. The molecule has 4 rings (SSSR count). The van der Waals surface area contributed by atoms with Crippen LogP contribution in [0.5, 0.6) is 0 Å². The van der Waals surface area contributed by atoms with Crippen LogP contribution in [0.15, 0.2) is 66.2 Å². The molecule has 150 valence electrons. The van der Waals surface area contributed by atoms with Gasteiger partial charge >= 0.3 is 0 Å². The predicted molar refractivity (Wildman–Crippen MR) is 113 cm³/mol.